The maximum Gasteiger partial charge on any atom is 0.338 e. The molecule has 2 aromatic heterocycles. The molecule has 0 amide bonds. The fraction of sp³-hybridized carbons (Fsp3) is 0.333. The summed E-state index contributed by atoms with van der Waals surface area (Å²) in [5.41, 5.74) is 1.30. The van der Waals surface area contributed by atoms with Crippen molar-refractivity contribution in [2.45, 2.75) is 27.3 Å². The fourth-order valence-electron chi connectivity index (χ4n) is 2.61. The molecule has 0 aliphatic rings. The van der Waals surface area contributed by atoms with Crippen molar-refractivity contribution >= 4 is 32.7 Å². The van der Waals surface area contributed by atoms with Crippen LogP contribution in [0.3, 0.4) is 0 Å². The molecule has 154 valence electrons. The first kappa shape index (κ1) is 20.5. The molecule has 10 nitrogen and oxygen atoms in total. The third kappa shape index (κ3) is 4.80. The van der Waals surface area contributed by atoms with E-state index in [1.54, 1.807) is 30.8 Å². The monoisotopic (exact) mass is 419 g/mol. The lowest BCUT2D eigenvalue weighted by molar-refractivity contribution is 0.0526. The van der Waals surface area contributed by atoms with Gasteiger partial charge in [-0.3, -0.25) is 9.40 Å². The quantitative estimate of drug-likeness (QED) is 0.579. The molecule has 0 saturated heterocycles. The average Bonchev–Trinajstić information content (AvgIpc) is 3.06. The maximum atomic E-state index is 12.2. The zero-order valence-corrected chi connectivity index (χ0v) is 17.3. The van der Waals surface area contributed by atoms with E-state index in [1.165, 1.54) is 12.3 Å². The van der Waals surface area contributed by atoms with Crippen molar-refractivity contribution in [1.82, 2.24) is 19.7 Å². The summed E-state index contributed by atoms with van der Waals surface area (Å²) >= 11 is 0. The predicted octanol–water partition coefficient (Wildman–Crippen LogP) is 2.50. The number of hydrogen-bond acceptors (Lipinski definition) is 8. The van der Waals surface area contributed by atoms with Crippen LogP contribution in [0.4, 0.5) is 5.82 Å². The lowest BCUT2D eigenvalue weighted by atomic mass is 10.1. The van der Waals surface area contributed by atoms with E-state index in [-0.39, 0.29) is 29.6 Å². The molecule has 0 aliphatic heterocycles. The van der Waals surface area contributed by atoms with Crippen LogP contribution in [0.25, 0.3) is 10.9 Å². The first-order valence-corrected chi connectivity index (χ1v) is 10.8. The highest BCUT2D eigenvalue weighted by Crippen LogP contribution is 2.33. The van der Waals surface area contributed by atoms with Crippen LogP contribution in [-0.2, 0) is 21.3 Å². The van der Waals surface area contributed by atoms with Gasteiger partial charge in [0, 0.05) is 12.7 Å². The van der Waals surface area contributed by atoms with Crippen LogP contribution in [0.15, 0.2) is 24.5 Å². The SMILES string of the molecule is CCOC(=O)c1cc(Oc2ncc(C)nc2NS(C)(=O)=O)c2cn(CC)nc2c1. The van der Waals surface area contributed by atoms with E-state index in [2.05, 4.69) is 19.8 Å². The summed E-state index contributed by atoms with van der Waals surface area (Å²) in [5, 5.41) is 5.05. The summed E-state index contributed by atoms with van der Waals surface area (Å²) in [6.07, 6.45) is 4.22. The van der Waals surface area contributed by atoms with Crippen LogP contribution >= 0.6 is 0 Å². The van der Waals surface area contributed by atoms with Crippen molar-refractivity contribution in [2.75, 3.05) is 17.6 Å². The second-order valence-electron chi connectivity index (χ2n) is 6.25. The standard InChI is InChI=1S/C18H21N5O5S/c1-5-23-10-13-14(21-23)7-12(18(24)27-6-2)8-15(13)28-17-16(22-29(4,25)26)20-11(3)9-19-17/h7-10H,5-6H2,1-4H3,(H,20,22). The normalized spacial score (nSPS) is 11.4. The Kier molecular flexibility index (Phi) is 5.69. The Balaban J connectivity index is 2.12. The molecule has 11 heteroatoms. The Bertz CT molecular complexity index is 1170. The van der Waals surface area contributed by atoms with Crippen LogP contribution in [0, 0.1) is 6.92 Å². The molecule has 0 aliphatic carbocycles. The van der Waals surface area contributed by atoms with Crippen LogP contribution in [0.2, 0.25) is 0 Å². The predicted molar refractivity (Wildman–Crippen MR) is 107 cm³/mol. The molecule has 29 heavy (non-hydrogen) atoms. The number of ether oxygens (including phenoxy) is 2. The number of anilines is 1. The number of aromatic nitrogens is 4. The zero-order chi connectivity index (χ0) is 21.2. The Morgan fingerprint density at radius 1 is 1.28 bits per heavy atom. The average molecular weight is 419 g/mol. The van der Waals surface area contributed by atoms with Gasteiger partial charge in [0.05, 0.1) is 41.2 Å². The van der Waals surface area contributed by atoms with E-state index in [9.17, 15) is 13.2 Å². The first-order chi connectivity index (χ1) is 13.7. The highest BCUT2D eigenvalue weighted by molar-refractivity contribution is 7.92. The van der Waals surface area contributed by atoms with Crippen molar-refractivity contribution in [3.8, 4) is 11.6 Å². The van der Waals surface area contributed by atoms with Gasteiger partial charge in [0.15, 0.2) is 0 Å². The number of benzene rings is 1. The van der Waals surface area contributed by atoms with E-state index in [0.717, 1.165) is 6.26 Å². The Morgan fingerprint density at radius 3 is 2.69 bits per heavy atom. The van der Waals surface area contributed by atoms with E-state index >= 15 is 0 Å². The largest absolute Gasteiger partial charge is 0.462 e. The number of carbonyl (C=O) groups is 1. The van der Waals surface area contributed by atoms with Gasteiger partial charge >= 0.3 is 5.97 Å². The number of aryl methyl sites for hydroxylation is 2. The Labute approximate surface area is 167 Å². The van der Waals surface area contributed by atoms with E-state index in [0.29, 0.717) is 23.1 Å². The number of esters is 1. The number of nitrogens with one attached hydrogen (secondary N) is 1. The number of hydrogen-bond donors (Lipinski definition) is 1. The van der Waals surface area contributed by atoms with Crippen molar-refractivity contribution < 1.29 is 22.7 Å². The Hall–Kier alpha value is -3.21. The number of rotatable bonds is 7. The molecule has 0 unspecified atom stereocenters. The highest BCUT2D eigenvalue weighted by atomic mass is 32.2. The van der Waals surface area contributed by atoms with Gasteiger partial charge < -0.3 is 9.47 Å². The van der Waals surface area contributed by atoms with Gasteiger partial charge in [-0.1, -0.05) is 0 Å². The van der Waals surface area contributed by atoms with Crippen molar-refractivity contribution in [2.24, 2.45) is 0 Å². The number of fused-ring (bicyclic) bond motifs is 1. The van der Waals surface area contributed by atoms with Crippen molar-refractivity contribution in [3.63, 3.8) is 0 Å². The fourth-order valence-corrected chi connectivity index (χ4v) is 3.09. The highest BCUT2D eigenvalue weighted by Gasteiger charge is 2.19. The number of carbonyl (C=O) groups excluding carboxylic acids is 1. The third-order valence-corrected chi connectivity index (χ3v) is 4.38. The molecule has 0 saturated carbocycles. The molecule has 0 radical (unpaired) electrons. The summed E-state index contributed by atoms with van der Waals surface area (Å²) < 4.78 is 38.3. The van der Waals surface area contributed by atoms with Crippen LogP contribution in [0.1, 0.15) is 29.9 Å². The van der Waals surface area contributed by atoms with E-state index in [1.807, 2.05) is 6.92 Å². The molecule has 0 spiro atoms. The minimum Gasteiger partial charge on any atom is -0.462 e. The van der Waals surface area contributed by atoms with Gasteiger partial charge in [-0.2, -0.15) is 5.10 Å². The molecule has 1 N–H and O–H groups in total. The van der Waals surface area contributed by atoms with Gasteiger partial charge in [0.1, 0.15) is 5.75 Å². The molecule has 3 aromatic rings. The maximum absolute atomic E-state index is 12.2. The smallest absolute Gasteiger partial charge is 0.338 e. The van der Waals surface area contributed by atoms with Gasteiger partial charge in [-0.25, -0.2) is 23.2 Å². The molecule has 0 fully saturated rings. The zero-order valence-electron chi connectivity index (χ0n) is 16.5. The molecule has 2 heterocycles. The molecular weight excluding hydrogens is 398 g/mol. The lowest BCUT2D eigenvalue weighted by Gasteiger charge is -2.12. The van der Waals surface area contributed by atoms with Crippen LogP contribution < -0.4 is 9.46 Å². The van der Waals surface area contributed by atoms with Gasteiger partial charge in [-0.15, -0.1) is 0 Å². The van der Waals surface area contributed by atoms with E-state index in [4.69, 9.17) is 9.47 Å². The molecule has 3 rings (SSSR count). The van der Waals surface area contributed by atoms with Crippen molar-refractivity contribution in [3.05, 3.63) is 35.8 Å². The van der Waals surface area contributed by atoms with Crippen LogP contribution in [-0.4, -0.2) is 47.0 Å². The minimum atomic E-state index is -3.60. The summed E-state index contributed by atoms with van der Waals surface area (Å²) in [6.45, 7) is 6.16. The van der Waals surface area contributed by atoms with Gasteiger partial charge in [0.2, 0.25) is 15.8 Å². The van der Waals surface area contributed by atoms with Gasteiger partial charge in [0.25, 0.3) is 5.88 Å². The third-order valence-electron chi connectivity index (χ3n) is 3.82. The molecule has 0 bridgehead atoms. The second-order valence-corrected chi connectivity index (χ2v) is 8.00. The number of sulfonamides is 1. The summed E-state index contributed by atoms with van der Waals surface area (Å²) in [7, 11) is -3.60. The van der Waals surface area contributed by atoms with Crippen LogP contribution in [0.5, 0.6) is 11.6 Å². The molecule has 1 aromatic carbocycles. The lowest BCUT2D eigenvalue weighted by Crippen LogP contribution is -2.13. The summed E-state index contributed by atoms with van der Waals surface area (Å²) in [5.74, 6) is -0.340. The summed E-state index contributed by atoms with van der Waals surface area (Å²) in [6, 6.07) is 3.12. The van der Waals surface area contributed by atoms with Gasteiger partial charge in [-0.05, 0) is 32.9 Å². The van der Waals surface area contributed by atoms with E-state index < -0.39 is 16.0 Å². The molecular formula is C18H21N5O5S. The van der Waals surface area contributed by atoms with Crippen molar-refractivity contribution in [1.29, 1.82) is 0 Å². The molecule has 0 atom stereocenters. The second kappa shape index (κ2) is 8.03. The Morgan fingerprint density at radius 2 is 2.03 bits per heavy atom. The minimum absolute atomic E-state index is 0.0485. The summed E-state index contributed by atoms with van der Waals surface area (Å²) in [4.78, 5) is 20.5. The number of nitrogens with zero attached hydrogens (tertiary/aromatic N) is 4. The first-order valence-electron chi connectivity index (χ1n) is 8.87. The topological polar surface area (TPSA) is 125 Å².